The molecule has 0 radical (unpaired) electrons. The highest BCUT2D eigenvalue weighted by atomic mass is 35.5. The second-order valence-corrected chi connectivity index (χ2v) is 8.59. The number of hydrogen-bond acceptors (Lipinski definition) is 3. The molecule has 0 spiro atoms. The van der Waals surface area contributed by atoms with Gasteiger partial charge in [0.15, 0.2) is 0 Å². The lowest BCUT2D eigenvalue weighted by Gasteiger charge is -2.30. The summed E-state index contributed by atoms with van der Waals surface area (Å²) in [7, 11) is 3.81. The molecular formula is C22H35ClFN3S. The maximum Gasteiger partial charge on any atom is 0.148 e. The molecule has 6 heteroatoms. The van der Waals surface area contributed by atoms with E-state index < -0.39 is 0 Å². The van der Waals surface area contributed by atoms with Crippen LogP contribution < -0.4 is 16.0 Å². The number of rotatable bonds is 8. The van der Waals surface area contributed by atoms with E-state index in [2.05, 4.69) is 43.7 Å². The first-order chi connectivity index (χ1) is 13.2. The SMILES string of the molecule is C=C(C(CC(C)C)NC)N(C)c1cc(CC2CCCC2)c(Cl)cc1F.NC=S. The van der Waals surface area contributed by atoms with Gasteiger partial charge in [0, 0.05) is 23.8 Å². The molecule has 0 heterocycles. The minimum atomic E-state index is -0.289. The van der Waals surface area contributed by atoms with Crippen molar-refractivity contribution in [3.63, 3.8) is 0 Å². The van der Waals surface area contributed by atoms with Gasteiger partial charge in [-0.25, -0.2) is 4.39 Å². The van der Waals surface area contributed by atoms with Gasteiger partial charge in [-0.1, -0.05) is 69.9 Å². The van der Waals surface area contributed by atoms with Crippen LogP contribution in [0.3, 0.4) is 0 Å². The average molecular weight is 428 g/mol. The Bertz CT molecular complexity index is 645. The summed E-state index contributed by atoms with van der Waals surface area (Å²) in [5, 5.41) is 3.84. The number of benzene rings is 1. The zero-order valence-corrected chi connectivity index (χ0v) is 19.2. The van der Waals surface area contributed by atoms with Crippen molar-refractivity contribution in [1.82, 2.24) is 5.32 Å². The van der Waals surface area contributed by atoms with Crippen molar-refractivity contribution < 1.29 is 4.39 Å². The van der Waals surface area contributed by atoms with Gasteiger partial charge in [0.05, 0.1) is 11.2 Å². The Labute approximate surface area is 180 Å². The van der Waals surface area contributed by atoms with Gasteiger partial charge in [-0.3, -0.25) is 0 Å². The lowest BCUT2D eigenvalue weighted by molar-refractivity contribution is 0.478. The molecule has 0 amide bonds. The summed E-state index contributed by atoms with van der Waals surface area (Å²) in [6.45, 7) is 8.58. The number of hydrogen-bond donors (Lipinski definition) is 2. The van der Waals surface area contributed by atoms with Crippen molar-refractivity contribution >= 4 is 35.0 Å². The van der Waals surface area contributed by atoms with Gasteiger partial charge in [0.1, 0.15) is 5.82 Å². The summed E-state index contributed by atoms with van der Waals surface area (Å²) in [4.78, 5) is 1.87. The zero-order valence-electron chi connectivity index (χ0n) is 17.6. The molecule has 3 nitrogen and oxygen atoms in total. The van der Waals surface area contributed by atoms with Crippen LogP contribution in [0.4, 0.5) is 10.1 Å². The highest BCUT2D eigenvalue weighted by molar-refractivity contribution is 7.78. The monoisotopic (exact) mass is 427 g/mol. The van der Waals surface area contributed by atoms with E-state index in [-0.39, 0.29) is 11.9 Å². The number of likely N-dealkylation sites (N-methyl/N-ethyl adjacent to an activating group) is 2. The number of halogens is 2. The van der Waals surface area contributed by atoms with Crippen LogP contribution in [0.2, 0.25) is 5.02 Å². The molecule has 1 unspecified atom stereocenters. The summed E-state index contributed by atoms with van der Waals surface area (Å²) in [6, 6.07) is 3.50. The number of anilines is 1. The summed E-state index contributed by atoms with van der Waals surface area (Å²) in [5.74, 6) is 0.925. The van der Waals surface area contributed by atoms with Crippen molar-refractivity contribution in [2.24, 2.45) is 17.6 Å². The molecule has 1 aromatic rings. The van der Waals surface area contributed by atoms with Crippen LogP contribution in [0, 0.1) is 17.7 Å². The van der Waals surface area contributed by atoms with Crippen LogP contribution in [-0.2, 0) is 6.42 Å². The maximum atomic E-state index is 14.6. The standard InChI is InChI=1S/C21H32ClFN2.CH3NS/c1-14(2)10-20(24-4)15(3)25(5)21-12-17(18(22)13-19(21)23)11-16-8-6-7-9-16;2-1-3/h12-14,16,20,24H,3,6-11H2,1-2,4-5H3;1H,(H2,2,3). The first-order valence-electron chi connectivity index (χ1n) is 9.98. The van der Waals surface area contributed by atoms with E-state index in [4.69, 9.17) is 11.6 Å². The highest BCUT2D eigenvalue weighted by Gasteiger charge is 2.22. The number of nitrogens with zero attached hydrogens (tertiary/aromatic N) is 1. The van der Waals surface area contributed by atoms with E-state index in [0.29, 0.717) is 22.5 Å². The molecular weight excluding hydrogens is 393 g/mol. The summed E-state index contributed by atoms with van der Waals surface area (Å²) < 4.78 is 14.6. The van der Waals surface area contributed by atoms with Gasteiger partial charge < -0.3 is 16.0 Å². The molecule has 0 bridgehead atoms. The first-order valence-corrected chi connectivity index (χ1v) is 10.8. The average Bonchev–Trinajstić information content (AvgIpc) is 3.14. The largest absolute Gasteiger partial charge is 0.396 e. The van der Waals surface area contributed by atoms with Crippen LogP contribution in [0.5, 0.6) is 0 Å². The van der Waals surface area contributed by atoms with Gasteiger partial charge in [0.2, 0.25) is 0 Å². The third-order valence-electron chi connectivity index (χ3n) is 5.35. The summed E-state index contributed by atoms with van der Waals surface area (Å²) >= 11 is 10.4. The molecule has 1 aliphatic rings. The number of nitrogens with one attached hydrogen (secondary N) is 1. The van der Waals surface area contributed by atoms with Gasteiger partial charge in [-0.15, -0.1) is 0 Å². The Hall–Kier alpha value is -1.17. The summed E-state index contributed by atoms with van der Waals surface area (Å²) in [5.41, 5.74) is 8.11. The Balaban J connectivity index is 0.00000122. The molecule has 1 aliphatic carbocycles. The summed E-state index contributed by atoms with van der Waals surface area (Å²) in [6.07, 6.45) is 7.00. The Morgan fingerprint density at radius 1 is 1.43 bits per heavy atom. The third-order valence-corrected chi connectivity index (χ3v) is 5.70. The fourth-order valence-corrected chi connectivity index (χ4v) is 4.03. The Morgan fingerprint density at radius 2 is 2.00 bits per heavy atom. The molecule has 1 aromatic carbocycles. The minimum Gasteiger partial charge on any atom is -0.396 e. The first kappa shape index (κ1) is 24.9. The molecule has 28 heavy (non-hydrogen) atoms. The van der Waals surface area contributed by atoms with E-state index in [0.717, 1.165) is 29.6 Å². The van der Waals surface area contributed by atoms with Crippen LogP contribution >= 0.6 is 23.8 Å². The third kappa shape index (κ3) is 7.34. The van der Waals surface area contributed by atoms with E-state index in [9.17, 15) is 4.39 Å². The Kier molecular flexibility index (Phi) is 11.0. The van der Waals surface area contributed by atoms with E-state index >= 15 is 0 Å². The second-order valence-electron chi connectivity index (χ2n) is 7.91. The molecule has 1 fully saturated rings. The molecule has 3 N–H and O–H groups in total. The van der Waals surface area contributed by atoms with Crippen LogP contribution in [0.25, 0.3) is 0 Å². The van der Waals surface area contributed by atoms with Crippen molar-refractivity contribution in [2.75, 3.05) is 19.0 Å². The zero-order chi connectivity index (χ0) is 21.3. The van der Waals surface area contributed by atoms with Gasteiger partial charge in [0.25, 0.3) is 0 Å². The molecule has 0 saturated heterocycles. The Morgan fingerprint density at radius 3 is 2.50 bits per heavy atom. The second kappa shape index (κ2) is 12.4. The molecule has 0 aromatic heterocycles. The van der Waals surface area contributed by atoms with Gasteiger partial charge >= 0.3 is 0 Å². The minimum absolute atomic E-state index is 0.123. The van der Waals surface area contributed by atoms with Crippen LogP contribution in [0.1, 0.15) is 51.5 Å². The van der Waals surface area contributed by atoms with E-state index in [1.54, 1.807) is 0 Å². The highest BCUT2D eigenvalue weighted by Crippen LogP contribution is 2.34. The lowest BCUT2D eigenvalue weighted by Crippen LogP contribution is -2.36. The quantitative estimate of drug-likeness (QED) is 0.522. The molecule has 2 rings (SSSR count). The molecule has 0 aliphatic heterocycles. The van der Waals surface area contributed by atoms with E-state index in [1.165, 1.54) is 31.7 Å². The fraction of sp³-hybridized carbons (Fsp3) is 0.591. The molecule has 1 atom stereocenters. The molecule has 1 saturated carbocycles. The predicted octanol–water partition coefficient (Wildman–Crippen LogP) is 5.70. The van der Waals surface area contributed by atoms with Gasteiger partial charge in [-0.2, -0.15) is 0 Å². The maximum absolute atomic E-state index is 14.6. The van der Waals surface area contributed by atoms with Gasteiger partial charge in [-0.05, 0) is 49.4 Å². The topological polar surface area (TPSA) is 41.3 Å². The fourth-order valence-electron chi connectivity index (χ4n) is 3.80. The van der Waals surface area contributed by atoms with E-state index in [1.807, 2.05) is 25.1 Å². The molecule has 158 valence electrons. The number of nitrogens with two attached hydrogens (primary N) is 1. The van der Waals surface area contributed by atoms with Crippen LogP contribution in [-0.4, -0.2) is 25.6 Å². The van der Waals surface area contributed by atoms with Crippen molar-refractivity contribution in [1.29, 1.82) is 0 Å². The lowest BCUT2D eigenvalue weighted by atomic mass is 9.97. The van der Waals surface area contributed by atoms with Crippen LogP contribution in [0.15, 0.2) is 24.4 Å². The predicted molar refractivity (Wildman–Crippen MR) is 125 cm³/mol. The van der Waals surface area contributed by atoms with Crippen molar-refractivity contribution in [3.05, 3.63) is 40.8 Å². The normalized spacial score (nSPS) is 15.1. The van der Waals surface area contributed by atoms with Crippen molar-refractivity contribution in [3.8, 4) is 0 Å². The van der Waals surface area contributed by atoms with Crippen molar-refractivity contribution in [2.45, 2.75) is 58.4 Å². The smallest absolute Gasteiger partial charge is 0.148 e. The number of thiocarbonyl (C=S) groups is 1.